The van der Waals surface area contributed by atoms with Gasteiger partial charge in [-0.3, -0.25) is 0 Å². The van der Waals surface area contributed by atoms with Crippen molar-refractivity contribution >= 4 is 39.1 Å². The second-order valence-corrected chi connectivity index (χ2v) is 6.13. The summed E-state index contributed by atoms with van der Waals surface area (Å²) >= 11 is 15.9. The van der Waals surface area contributed by atoms with Crippen molar-refractivity contribution < 1.29 is 9.15 Å². The molecule has 3 nitrogen and oxygen atoms in total. The van der Waals surface area contributed by atoms with Crippen LogP contribution < -0.4 is 10.1 Å². The van der Waals surface area contributed by atoms with Gasteiger partial charge in [0.15, 0.2) is 4.67 Å². The molecule has 0 fully saturated rings. The molecule has 1 N–H and O–H groups in total. The Balaban J connectivity index is 2.43. The number of nitrogens with one attached hydrogen (secondary N) is 1. The van der Waals surface area contributed by atoms with Crippen molar-refractivity contribution in [1.82, 2.24) is 5.32 Å². The normalized spacial score (nSPS) is 12.4. The first-order valence-electron chi connectivity index (χ1n) is 6.58. The van der Waals surface area contributed by atoms with Crippen molar-refractivity contribution in [3.05, 3.63) is 50.3 Å². The van der Waals surface area contributed by atoms with Gasteiger partial charge in [0, 0.05) is 11.1 Å². The van der Waals surface area contributed by atoms with Crippen molar-refractivity contribution in [2.24, 2.45) is 0 Å². The zero-order valence-corrected chi connectivity index (χ0v) is 14.8. The van der Waals surface area contributed by atoms with Gasteiger partial charge in [-0.25, -0.2) is 0 Å². The SMILES string of the molecule is CCCNC(c1ccc(Br)o1)c1cc(Cl)c(OC)cc1Cl. The van der Waals surface area contributed by atoms with Gasteiger partial charge >= 0.3 is 0 Å². The minimum atomic E-state index is -0.160. The molecule has 2 aromatic rings. The minimum absolute atomic E-state index is 0.160. The van der Waals surface area contributed by atoms with Gasteiger partial charge in [0.25, 0.3) is 0 Å². The molecule has 0 spiro atoms. The fraction of sp³-hybridized carbons (Fsp3) is 0.333. The number of benzene rings is 1. The number of rotatable bonds is 6. The van der Waals surface area contributed by atoms with Crippen LogP contribution >= 0.6 is 39.1 Å². The molecule has 1 unspecified atom stereocenters. The molecular weight excluding hydrogens is 377 g/mol. The molecular formula is C15H16BrCl2NO2. The summed E-state index contributed by atoms with van der Waals surface area (Å²) in [6.45, 7) is 2.94. The van der Waals surface area contributed by atoms with Gasteiger partial charge in [0.1, 0.15) is 11.5 Å². The number of hydrogen-bond donors (Lipinski definition) is 1. The minimum Gasteiger partial charge on any atom is -0.495 e. The lowest BCUT2D eigenvalue weighted by molar-refractivity contribution is 0.413. The van der Waals surface area contributed by atoms with E-state index in [0.29, 0.717) is 20.5 Å². The average molecular weight is 393 g/mol. The fourth-order valence-corrected chi connectivity index (χ4v) is 2.89. The summed E-state index contributed by atoms with van der Waals surface area (Å²) in [7, 11) is 1.56. The van der Waals surface area contributed by atoms with E-state index in [0.717, 1.165) is 24.3 Å². The maximum Gasteiger partial charge on any atom is 0.169 e. The van der Waals surface area contributed by atoms with Crippen LogP contribution in [-0.4, -0.2) is 13.7 Å². The van der Waals surface area contributed by atoms with E-state index in [-0.39, 0.29) is 6.04 Å². The Kier molecular flexibility index (Phi) is 5.99. The van der Waals surface area contributed by atoms with Crippen molar-refractivity contribution in [1.29, 1.82) is 0 Å². The van der Waals surface area contributed by atoms with Crippen LogP contribution in [0.15, 0.2) is 33.4 Å². The molecule has 0 aliphatic rings. The molecule has 0 saturated heterocycles. The molecule has 1 aromatic heterocycles. The Morgan fingerprint density at radius 1 is 1.29 bits per heavy atom. The lowest BCUT2D eigenvalue weighted by Gasteiger charge is -2.19. The van der Waals surface area contributed by atoms with Crippen LogP contribution in [0.25, 0.3) is 0 Å². The molecule has 114 valence electrons. The fourth-order valence-electron chi connectivity index (χ4n) is 2.06. The maximum absolute atomic E-state index is 6.38. The number of methoxy groups -OCH3 is 1. The van der Waals surface area contributed by atoms with Crippen LogP contribution in [0.5, 0.6) is 5.75 Å². The van der Waals surface area contributed by atoms with E-state index in [1.165, 1.54) is 0 Å². The maximum atomic E-state index is 6.38. The number of hydrogen-bond acceptors (Lipinski definition) is 3. The lowest BCUT2D eigenvalue weighted by atomic mass is 10.0. The molecule has 0 amide bonds. The Morgan fingerprint density at radius 2 is 2.05 bits per heavy atom. The topological polar surface area (TPSA) is 34.4 Å². The summed E-state index contributed by atoms with van der Waals surface area (Å²) in [6.07, 6.45) is 1.000. The predicted molar refractivity (Wildman–Crippen MR) is 89.6 cm³/mol. The molecule has 0 aliphatic carbocycles. The Morgan fingerprint density at radius 3 is 2.62 bits per heavy atom. The van der Waals surface area contributed by atoms with Gasteiger partial charge in [0.05, 0.1) is 18.2 Å². The molecule has 1 heterocycles. The second kappa shape index (κ2) is 7.54. The Bertz CT molecular complexity index is 616. The van der Waals surface area contributed by atoms with Crippen LogP contribution in [0.3, 0.4) is 0 Å². The van der Waals surface area contributed by atoms with Crippen LogP contribution in [0, 0.1) is 0 Å². The molecule has 0 aliphatic heterocycles. The highest BCUT2D eigenvalue weighted by atomic mass is 79.9. The second-order valence-electron chi connectivity index (χ2n) is 4.54. The van der Waals surface area contributed by atoms with E-state index >= 15 is 0 Å². The zero-order chi connectivity index (χ0) is 15.4. The highest BCUT2D eigenvalue weighted by Crippen LogP contribution is 2.37. The van der Waals surface area contributed by atoms with Crippen LogP contribution in [-0.2, 0) is 0 Å². The molecule has 0 bridgehead atoms. The first kappa shape index (κ1) is 16.7. The van der Waals surface area contributed by atoms with E-state index < -0.39 is 0 Å². The molecule has 0 saturated carbocycles. The van der Waals surface area contributed by atoms with E-state index in [2.05, 4.69) is 28.2 Å². The number of furan rings is 1. The summed E-state index contributed by atoms with van der Waals surface area (Å²) in [5.74, 6) is 1.33. The van der Waals surface area contributed by atoms with Gasteiger partial charge in [-0.15, -0.1) is 0 Å². The van der Waals surface area contributed by atoms with Crippen LogP contribution in [0.1, 0.15) is 30.7 Å². The molecule has 21 heavy (non-hydrogen) atoms. The standard InChI is InChI=1S/C15H16BrCl2NO2/c1-3-6-19-15(12-4-5-14(16)21-12)9-7-11(18)13(20-2)8-10(9)17/h4-5,7-8,15,19H,3,6H2,1-2H3. The largest absolute Gasteiger partial charge is 0.495 e. The quantitative estimate of drug-likeness (QED) is 0.709. The molecule has 1 aromatic carbocycles. The highest BCUT2D eigenvalue weighted by molar-refractivity contribution is 9.10. The van der Waals surface area contributed by atoms with E-state index in [1.807, 2.05) is 18.2 Å². The van der Waals surface area contributed by atoms with E-state index in [9.17, 15) is 0 Å². The molecule has 2 rings (SSSR count). The number of ether oxygens (including phenoxy) is 1. The first-order valence-corrected chi connectivity index (χ1v) is 8.13. The average Bonchev–Trinajstić information content (AvgIpc) is 2.89. The lowest BCUT2D eigenvalue weighted by Crippen LogP contribution is -2.23. The monoisotopic (exact) mass is 391 g/mol. The van der Waals surface area contributed by atoms with Gasteiger partial charge in [0.2, 0.25) is 0 Å². The highest BCUT2D eigenvalue weighted by Gasteiger charge is 2.21. The van der Waals surface area contributed by atoms with E-state index in [1.54, 1.807) is 13.2 Å². The molecule has 0 radical (unpaired) electrons. The van der Waals surface area contributed by atoms with Crippen molar-refractivity contribution in [3.63, 3.8) is 0 Å². The zero-order valence-electron chi connectivity index (χ0n) is 11.8. The Hall–Kier alpha value is -0.680. The Labute approximate surface area is 142 Å². The summed E-state index contributed by atoms with van der Waals surface area (Å²) < 4.78 is 11.5. The summed E-state index contributed by atoms with van der Waals surface area (Å²) in [4.78, 5) is 0. The van der Waals surface area contributed by atoms with Crippen molar-refractivity contribution in [3.8, 4) is 5.75 Å². The predicted octanol–water partition coefficient (Wildman–Crippen LogP) is 5.45. The molecule has 6 heteroatoms. The van der Waals surface area contributed by atoms with E-state index in [4.69, 9.17) is 32.4 Å². The molecule has 1 atom stereocenters. The summed E-state index contributed by atoms with van der Waals surface area (Å²) in [5, 5.41) is 4.52. The smallest absolute Gasteiger partial charge is 0.169 e. The third-order valence-corrected chi connectivity index (χ3v) is 4.11. The van der Waals surface area contributed by atoms with Gasteiger partial charge in [-0.05, 0) is 52.7 Å². The summed E-state index contributed by atoms with van der Waals surface area (Å²) in [6, 6.07) is 7.14. The van der Waals surface area contributed by atoms with Crippen molar-refractivity contribution in [2.75, 3.05) is 13.7 Å². The first-order chi connectivity index (χ1) is 10.1. The number of halogens is 3. The van der Waals surface area contributed by atoms with Gasteiger partial charge in [-0.1, -0.05) is 30.1 Å². The van der Waals surface area contributed by atoms with Gasteiger partial charge < -0.3 is 14.5 Å². The summed E-state index contributed by atoms with van der Waals surface area (Å²) in [5.41, 5.74) is 0.859. The van der Waals surface area contributed by atoms with Crippen LogP contribution in [0.4, 0.5) is 0 Å². The van der Waals surface area contributed by atoms with Crippen molar-refractivity contribution in [2.45, 2.75) is 19.4 Å². The third-order valence-electron chi connectivity index (χ3n) is 3.06. The van der Waals surface area contributed by atoms with Gasteiger partial charge in [-0.2, -0.15) is 0 Å². The van der Waals surface area contributed by atoms with Crippen LogP contribution in [0.2, 0.25) is 10.0 Å². The third kappa shape index (κ3) is 3.95.